The molecule has 1 aliphatic rings. The highest BCUT2D eigenvalue weighted by atomic mass is 16.3. The van der Waals surface area contributed by atoms with E-state index in [9.17, 15) is 5.11 Å². The van der Waals surface area contributed by atoms with Crippen LogP contribution in [-0.4, -0.2) is 47.7 Å². The Morgan fingerprint density at radius 2 is 2.22 bits per heavy atom. The number of aromatic nitrogens is 1. The predicted octanol–water partition coefficient (Wildman–Crippen LogP) is 1.67. The van der Waals surface area contributed by atoms with Crippen LogP contribution in [0.1, 0.15) is 32.1 Å². The van der Waals surface area contributed by atoms with Crippen LogP contribution < -0.4 is 4.90 Å². The van der Waals surface area contributed by atoms with Crippen molar-refractivity contribution in [1.82, 2.24) is 9.88 Å². The summed E-state index contributed by atoms with van der Waals surface area (Å²) in [6, 6.07) is 4.60. The molecule has 1 fully saturated rings. The first-order valence-corrected chi connectivity index (χ1v) is 6.71. The van der Waals surface area contributed by atoms with Crippen molar-refractivity contribution in [3.63, 3.8) is 0 Å². The van der Waals surface area contributed by atoms with E-state index in [-0.39, 0.29) is 0 Å². The Bertz CT molecular complexity index is 377. The van der Waals surface area contributed by atoms with Crippen LogP contribution in [-0.2, 0) is 0 Å². The van der Waals surface area contributed by atoms with Gasteiger partial charge in [0.05, 0.1) is 23.7 Å². The number of pyridine rings is 1. The van der Waals surface area contributed by atoms with E-state index in [1.807, 2.05) is 12.3 Å². The minimum absolute atomic E-state index is 0.491. The Labute approximate surface area is 109 Å². The molecular weight excluding hydrogens is 226 g/mol. The summed E-state index contributed by atoms with van der Waals surface area (Å²) in [6.07, 6.45) is 2.56. The van der Waals surface area contributed by atoms with Crippen LogP contribution in [0.3, 0.4) is 0 Å². The highest BCUT2D eigenvalue weighted by Crippen LogP contribution is 2.20. The number of piperazine rings is 1. The number of likely N-dealkylation sites (N-methyl/N-ethyl adjacent to an activating group) is 1. The van der Waals surface area contributed by atoms with E-state index in [1.165, 1.54) is 6.42 Å². The van der Waals surface area contributed by atoms with Gasteiger partial charge in [0.1, 0.15) is 0 Å². The quantitative estimate of drug-likeness (QED) is 0.884. The number of anilines is 1. The zero-order chi connectivity index (χ0) is 13.1. The molecule has 4 heteroatoms. The van der Waals surface area contributed by atoms with Crippen molar-refractivity contribution < 1.29 is 5.11 Å². The van der Waals surface area contributed by atoms with Crippen LogP contribution in [0.15, 0.2) is 18.3 Å². The monoisotopic (exact) mass is 249 g/mol. The Hall–Kier alpha value is -1.13. The van der Waals surface area contributed by atoms with Crippen LogP contribution in [0.4, 0.5) is 5.69 Å². The van der Waals surface area contributed by atoms with Gasteiger partial charge in [-0.1, -0.05) is 6.92 Å². The van der Waals surface area contributed by atoms with Crippen molar-refractivity contribution in [1.29, 1.82) is 0 Å². The first-order chi connectivity index (χ1) is 8.61. The third kappa shape index (κ3) is 2.82. The van der Waals surface area contributed by atoms with Crippen molar-refractivity contribution in [2.75, 3.05) is 31.6 Å². The third-order valence-electron chi connectivity index (χ3n) is 3.81. The number of aliphatic hydroxyl groups is 1. The van der Waals surface area contributed by atoms with Crippen molar-refractivity contribution >= 4 is 5.69 Å². The lowest BCUT2D eigenvalue weighted by molar-refractivity contribution is 0.194. The molecule has 2 heterocycles. The molecule has 1 aliphatic heterocycles. The van der Waals surface area contributed by atoms with Gasteiger partial charge < -0.3 is 10.0 Å². The molecule has 0 aliphatic carbocycles. The minimum atomic E-state index is -0.491. The molecule has 100 valence electrons. The van der Waals surface area contributed by atoms with E-state index < -0.39 is 6.10 Å². The molecule has 2 rings (SSSR count). The molecule has 1 aromatic rings. The molecule has 0 saturated carbocycles. The summed E-state index contributed by atoms with van der Waals surface area (Å²) in [5, 5.41) is 9.46. The highest BCUT2D eigenvalue weighted by Gasteiger charge is 2.23. The van der Waals surface area contributed by atoms with Gasteiger partial charge in [0.2, 0.25) is 0 Å². The van der Waals surface area contributed by atoms with Gasteiger partial charge in [-0.25, -0.2) is 0 Å². The minimum Gasteiger partial charge on any atom is -0.387 e. The molecule has 0 bridgehead atoms. The lowest BCUT2D eigenvalue weighted by Crippen LogP contribution is -2.51. The predicted molar refractivity (Wildman–Crippen MR) is 73.8 cm³/mol. The largest absolute Gasteiger partial charge is 0.387 e. The Balaban J connectivity index is 2.07. The van der Waals surface area contributed by atoms with Gasteiger partial charge in [-0.2, -0.15) is 0 Å². The van der Waals surface area contributed by atoms with E-state index in [0.29, 0.717) is 6.04 Å². The molecular formula is C14H23N3O. The normalized spacial score (nSPS) is 23.1. The molecule has 0 spiro atoms. The number of hydrogen-bond donors (Lipinski definition) is 1. The van der Waals surface area contributed by atoms with E-state index >= 15 is 0 Å². The van der Waals surface area contributed by atoms with Crippen molar-refractivity contribution in [3.05, 3.63) is 24.0 Å². The summed E-state index contributed by atoms with van der Waals surface area (Å²) in [4.78, 5) is 9.12. The van der Waals surface area contributed by atoms with Crippen LogP contribution in [0, 0.1) is 0 Å². The van der Waals surface area contributed by atoms with Crippen molar-refractivity contribution in [2.24, 2.45) is 0 Å². The fraction of sp³-hybridized carbons (Fsp3) is 0.643. The molecule has 1 aromatic heterocycles. The smallest absolute Gasteiger partial charge is 0.0931 e. The molecule has 4 nitrogen and oxygen atoms in total. The van der Waals surface area contributed by atoms with E-state index in [4.69, 9.17) is 0 Å². The fourth-order valence-electron chi connectivity index (χ4n) is 2.45. The number of rotatable bonds is 3. The number of aliphatic hydroxyl groups excluding tert-OH is 1. The molecule has 1 unspecified atom stereocenters. The standard InChI is InChI=1S/C14H23N3O/c1-4-12-10-17(8-7-16(12)3)13-5-6-14(11(2)18)15-9-13/h5-6,9,11-12,18H,4,7-8,10H2,1-3H3/t11-,12?/m0/s1. The van der Waals surface area contributed by atoms with Gasteiger partial charge in [-0.15, -0.1) is 0 Å². The molecule has 0 radical (unpaired) electrons. The lowest BCUT2D eigenvalue weighted by Gasteiger charge is -2.40. The molecule has 0 aromatic carbocycles. The molecule has 0 amide bonds. The van der Waals surface area contributed by atoms with Crippen molar-refractivity contribution in [2.45, 2.75) is 32.4 Å². The fourth-order valence-corrected chi connectivity index (χ4v) is 2.45. The second kappa shape index (κ2) is 5.67. The average molecular weight is 249 g/mol. The zero-order valence-electron chi connectivity index (χ0n) is 11.5. The summed E-state index contributed by atoms with van der Waals surface area (Å²) in [6.45, 7) is 7.17. The Kier molecular flexibility index (Phi) is 4.19. The first kappa shape index (κ1) is 13.3. The first-order valence-electron chi connectivity index (χ1n) is 6.71. The highest BCUT2D eigenvalue weighted by molar-refractivity contribution is 5.45. The Morgan fingerprint density at radius 1 is 1.44 bits per heavy atom. The van der Waals surface area contributed by atoms with Gasteiger partial charge in [0.15, 0.2) is 0 Å². The summed E-state index contributed by atoms with van der Waals surface area (Å²) >= 11 is 0. The van der Waals surface area contributed by atoms with Gasteiger partial charge in [0.25, 0.3) is 0 Å². The molecule has 18 heavy (non-hydrogen) atoms. The van der Waals surface area contributed by atoms with Gasteiger partial charge in [-0.3, -0.25) is 9.88 Å². The maximum absolute atomic E-state index is 9.46. The molecule has 1 N–H and O–H groups in total. The van der Waals surface area contributed by atoms with Crippen LogP contribution >= 0.6 is 0 Å². The molecule has 2 atom stereocenters. The van der Waals surface area contributed by atoms with E-state index in [1.54, 1.807) is 6.92 Å². The lowest BCUT2D eigenvalue weighted by atomic mass is 10.1. The van der Waals surface area contributed by atoms with Gasteiger partial charge in [-0.05, 0) is 32.5 Å². The topological polar surface area (TPSA) is 39.6 Å². The second-order valence-corrected chi connectivity index (χ2v) is 5.11. The summed E-state index contributed by atoms with van der Waals surface area (Å²) in [5.74, 6) is 0. The SMILES string of the molecule is CCC1CN(c2ccc([C@H](C)O)nc2)CCN1C. The number of nitrogens with zero attached hydrogens (tertiary/aromatic N) is 3. The second-order valence-electron chi connectivity index (χ2n) is 5.11. The number of hydrogen-bond acceptors (Lipinski definition) is 4. The maximum atomic E-state index is 9.46. The summed E-state index contributed by atoms with van der Waals surface area (Å²) in [7, 11) is 2.19. The average Bonchev–Trinajstić information content (AvgIpc) is 2.39. The van der Waals surface area contributed by atoms with Crippen molar-refractivity contribution in [3.8, 4) is 0 Å². The van der Waals surface area contributed by atoms with Crippen LogP contribution in [0.5, 0.6) is 0 Å². The summed E-state index contributed by atoms with van der Waals surface area (Å²) in [5.41, 5.74) is 1.89. The van der Waals surface area contributed by atoms with Crippen LogP contribution in [0.2, 0.25) is 0 Å². The Morgan fingerprint density at radius 3 is 2.78 bits per heavy atom. The van der Waals surface area contributed by atoms with E-state index in [0.717, 1.165) is 31.0 Å². The van der Waals surface area contributed by atoms with Gasteiger partial charge in [0, 0.05) is 25.7 Å². The zero-order valence-corrected chi connectivity index (χ0v) is 11.5. The van der Waals surface area contributed by atoms with Crippen LogP contribution in [0.25, 0.3) is 0 Å². The van der Waals surface area contributed by atoms with E-state index in [2.05, 4.69) is 34.8 Å². The van der Waals surface area contributed by atoms with Gasteiger partial charge >= 0.3 is 0 Å². The summed E-state index contributed by atoms with van der Waals surface area (Å²) < 4.78 is 0. The maximum Gasteiger partial charge on any atom is 0.0931 e. The third-order valence-corrected chi connectivity index (χ3v) is 3.81. The molecule has 1 saturated heterocycles.